The van der Waals surface area contributed by atoms with E-state index in [1.54, 1.807) is 6.20 Å². The van der Waals surface area contributed by atoms with Crippen molar-refractivity contribution in [1.29, 1.82) is 0 Å². The molecule has 1 aromatic rings. The fraction of sp³-hybridized carbons (Fsp3) is 0.727. The molecular formula is C11H18F3N3. The van der Waals surface area contributed by atoms with Crippen LogP contribution in [0.4, 0.5) is 13.2 Å². The highest BCUT2D eigenvalue weighted by atomic mass is 19.4. The molecule has 3 nitrogen and oxygen atoms in total. The molecule has 0 radical (unpaired) electrons. The van der Waals surface area contributed by atoms with Crippen molar-refractivity contribution >= 4 is 0 Å². The van der Waals surface area contributed by atoms with Crippen LogP contribution in [0.5, 0.6) is 0 Å². The summed E-state index contributed by atoms with van der Waals surface area (Å²) in [6, 6.07) is 0. The molecule has 1 aromatic heterocycles. The van der Waals surface area contributed by atoms with Gasteiger partial charge in [-0.1, -0.05) is 13.8 Å². The number of aromatic amines is 1. The summed E-state index contributed by atoms with van der Waals surface area (Å²) in [4.78, 5) is 6.81. The topological polar surface area (TPSA) is 40.7 Å². The number of alkyl halides is 3. The lowest BCUT2D eigenvalue weighted by Gasteiger charge is -2.05. The Morgan fingerprint density at radius 2 is 2.12 bits per heavy atom. The molecule has 0 saturated carbocycles. The zero-order valence-corrected chi connectivity index (χ0v) is 10.1. The minimum Gasteiger partial charge on any atom is -0.345 e. The van der Waals surface area contributed by atoms with Crippen molar-refractivity contribution in [3.63, 3.8) is 0 Å². The maximum atomic E-state index is 12.0. The number of H-pyrrole nitrogens is 1. The van der Waals surface area contributed by atoms with Crippen LogP contribution in [0.2, 0.25) is 0 Å². The summed E-state index contributed by atoms with van der Waals surface area (Å²) in [5.74, 6) is 0.936. The molecule has 0 aliphatic rings. The molecule has 0 amide bonds. The van der Waals surface area contributed by atoms with Crippen LogP contribution in [0.15, 0.2) is 6.20 Å². The number of aromatic nitrogens is 2. The molecule has 1 rings (SSSR count). The van der Waals surface area contributed by atoms with Gasteiger partial charge in [-0.2, -0.15) is 13.2 Å². The average Bonchev–Trinajstić information content (AvgIpc) is 2.61. The van der Waals surface area contributed by atoms with Crippen LogP contribution in [0.25, 0.3) is 0 Å². The summed E-state index contributed by atoms with van der Waals surface area (Å²) >= 11 is 0. The average molecular weight is 249 g/mol. The van der Waals surface area contributed by atoms with Crippen molar-refractivity contribution in [3.05, 3.63) is 17.7 Å². The van der Waals surface area contributed by atoms with Crippen molar-refractivity contribution < 1.29 is 13.2 Å². The Bertz CT molecular complexity index is 331. The minimum absolute atomic E-state index is 0.0896. The van der Waals surface area contributed by atoms with E-state index in [4.69, 9.17) is 0 Å². The second-order valence-electron chi connectivity index (χ2n) is 4.50. The quantitative estimate of drug-likeness (QED) is 0.813. The summed E-state index contributed by atoms with van der Waals surface area (Å²) in [5.41, 5.74) is 0.822. The van der Waals surface area contributed by atoms with Crippen molar-refractivity contribution in [2.45, 2.75) is 39.4 Å². The lowest BCUT2D eigenvalue weighted by Crippen LogP contribution is -2.19. The number of aryl methyl sites for hydroxylation is 1. The number of hydrogen-bond donors (Lipinski definition) is 2. The Morgan fingerprint density at radius 3 is 2.71 bits per heavy atom. The Balaban J connectivity index is 2.32. The molecule has 0 saturated heterocycles. The monoisotopic (exact) mass is 249 g/mol. The van der Waals surface area contributed by atoms with Crippen LogP contribution in [-0.4, -0.2) is 22.7 Å². The van der Waals surface area contributed by atoms with Crippen molar-refractivity contribution in [2.75, 3.05) is 6.54 Å². The third-order valence-corrected chi connectivity index (χ3v) is 2.19. The van der Waals surface area contributed by atoms with Crippen LogP contribution in [0, 0.1) is 5.92 Å². The summed E-state index contributed by atoms with van der Waals surface area (Å²) in [5, 5.41) is 3.19. The van der Waals surface area contributed by atoms with Gasteiger partial charge in [0.2, 0.25) is 0 Å². The van der Waals surface area contributed by atoms with Gasteiger partial charge >= 0.3 is 6.18 Å². The smallest absolute Gasteiger partial charge is 0.345 e. The molecule has 2 N–H and O–H groups in total. The van der Waals surface area contributed by atoms with Crippen LogP contribution >= 0.6 is 0 Å². The first-order chi connectivity index (χ1) is 7.87. The van der Waals surface area contributed by atoms with E-state index in [1.807, 2.05) is 0 Å². The van der Waals surface area contributed by atoms with E-state index < -0.39 is 12.6 Å². The van der Waals surface area contributed by atoms with E-state index in [2.05, 4.69) is 29.1 Å². The van der Waals surface area contributed by atoms with Gasteiger partial charge in [-0.15, -0.1) is 0 Å². The highest BCUT2D eigenvalue weighted by molar-refractivity contribution is 5.01. The van der Waals surface area contributed by atoms with Crippen LogP contribution in [0.3, 0.4) is 0 Å². The number of imidazole rings is 1. The second kappa shape index (κ2) is 6.05. The van der Waals surface area contributed by atoms with Crippen molar-refractivity contribution in [2.24, 2.45) is 5.92 Å². The maximum absolute atomic E-state index is 12.0. The molecule has 17 heavy (non-hydrogen) atoms. The molecule has 1 heterocycles. The zero-order chi connectivity index (χ0) is 12.9. The molecule has 0 spiro atoms. The normalized spacial score (nSPS) is 12.4. The number of nitrogens with zero attached hydrogens (tertiary/aromatic N) is 1. The first kappa shape index (κ1) is 14.0. The number of hydrogen-bond acceptors (Lipinski definition) is 2. The standard InChI is InChI=1S/C11H18F3N3/c1-8(2)5-15-6-9-7-16-10(17-9)3-4-11(12,13)14/h7-8,15H,3-6H2,1-2H3,(H,16,17). The molecular weight excluding hydrogens is 231 g/mol. The third kappa shape index (κ3) is 6.31. The summed E-state index contributed by atoms with van der Waals surface area (Å²) in [7, 11) is 0. The van der Waals surface area contributed by atoms with Gasteiger partial charge in [0.05, 0.1) is 6.42 Å². The molecule has 0 aliphatic carbocycles. The SMILES string of the molecule is CC(C)CNCc1cnc(CCC(F)(F)F)[nH]1. The van der Waals surface area contributed by atoms with Crippen LogP contribution in [-0.2, 0) is 13.0 Å². The van der Waals surface area contributed by atoms with E-state index in [1.165, 1.54) is 0 Å². The first-order valence-corrected chi connectivity index (χ1v) is 5.67. The Labute approximate surface area is 98.8 Å². The van der Waals surface area contributed by atoms with Gasteiger partial charge in [0.1, 0.15) is 5.82 Å². The molecule has 0 bridgehead atoms. The van der Waals surface area contributed by atoms with E-state index in [0.717, 1.165) is 12.2 Å². The van der Waals surface area contributed by atoms with Gasteiger partial charge in [-0.3, -0.25) is 0 Å². The van der Waals surface area contributed by atoms with Gasteiger partial charge in [-0.25, -0.2) is 4.98 Å². The molecule has 0 unspecified atom stereocenters. The number of nitrogens with one attached hydrogen (secondary N) is 2. The van der Waals surface area contributed by atoms with Crippen LogP contribution < -0.4 is 5.32 Å². The van der Waals surface area contributed by atoms with Gasteiger partial charge in [0.15, 0.2) is 0 Å². The Hall–Kier alpha value is -1.04. The van der Waals surface area contributed by atoms with E-state index in [-0.39, 0.29) is 6.42 Å². The molecule has 0 aliphatic heterocycles. The lowest BCUT2D eigenvalue weighted by molar-refractivity contribution is -0.134. The van der Waals surface area contributed by atoms with Crippen molar-refractivity contribution in [3.8, 4) is 0 Å². The van der Waals surface area contributed by atoms with Crippen molar-refractivity contribution in [1.82, 2.24) is 15.3 Å². The van der Waals surface area contributed by atoms with E-state index in [9.17, 15) is 13.2 Å². The highest BCUT2D eigenvalue weighted by Crippen LogP contribution is 2.21. The summed E-state index contributed by atoms with van der Waals surface area (Å²) in [6.45, 7) is 5.66. The third-order valence-electron chi connectivity index (χ3n) is 2.19. The van der Waals surface area contributed by atoms with E-state index >= 15 is 0 Å². The molecule has 0 aromatic carbocycles. The molecule has 98 valence electrons. The minimum atomic E-state index is -4.12. The predicted octanol–water partition coefficient (Wildman–Crippen LogP) is 2.65. The summed E-state index contributed by atoms with van der Waals surface area (Å²) in [6.07, 6.45) is -3.46. The largest absolute Gasteiger partial charge is 0.389 e. The molecule has 0 atom stereocenters. The predicted molar refractivity (Wildman–Crippen MR) is 59.5 cm³/mol. The molecule has 0 fully saturated rings. The van der Waals surface area contributed by atoms with Crippen LogP contribution in [0.1, 0.15) is 31.8 Å². The lowest BCUT2D eigenvalue weighted by atomic mass is 10.2. The van der Waals surface area contributed by atoms with Gasteiger partial charge in [-0.05, 0) is 12.5 Å². The zero-order valence-electron chi connectivity index (χ0n) is 10.1. The highest BCUT2D eigenvalue weighted by Gasteiger charge is 2.26. The van der Waals surface area contributed by atoms with Gasteiger partial charge in [0, 0.05) is 24.9 Å². The Kier molecular flexibility index (Phi) is 4.99. The maximum Gasteiger partial charge on any atom is 0.389 e. The Morgan fingerprint density at radius 1 is 1.41 bits per heavy atom. The van der Waals surface area contributed by atoms with Gasteiger partial charge < -0.3 is 10.3 Å². The van der Waals surface area contributed by atoms with Gasteiger partial charge in [0.25, 0.3) is 0 Å². The first-order valence-electron chi connectivity index (χ1n) is 5.67. The second-order valence-corrected chi connectivity index (χ2v) is 4.50. The fourth-order valence-electron chi connectivity index (χ4n) is 1.38. The number of halogens is 3. The number of rotatable bonds is 6. The van der Waals surface area contributed by atoms with E-state index in [0.29, 0.717) is 18.3 Å². The fourth-order valence-corrected chi connectivity index (χ4v) is 1.38. The summed E-state index contributed by atoms with van der Waals surface area (Å²) < 4.78 is 36.0. The molecule has 6 heteroatoms.